The lowest BCUT2D eigenvalue weighted by atomic mass is 10.1. The topological polar surface area (TPSA) is 61.4 Å². The van der Waals surface area contributed by atoms with Gasteiger partial charge in [-0.3, -0.25) is 9.59 Å². The molecule has 5 nitrogen and oxygen atoms in total. The molecular weight excluding hydrogens is 218 g/mol. The summed E-state index contributed by atoms with van der Waals surface area (Å²) in [6, 6.07) is -0.279. The van der Waals surface area contributed by atoms with E-state index in [0.29, 0.717) is 26.1 Å². The molecule has 0 bridgehead atoms. The van der Waals surface area contributed by atoms with Crippen LogP contribution in [-0.2, 0) is 9.59 Å². The Hall–Kier alpha value is -1.10. The summed E-state index contributed by atoms with van der Waals surface area (Å²) in [4.78, 5) is 25.3. The van der Waals surface area contributed by atoms with Crippen LogP contribution in [0.1, 0.15) is 26.2 Å². The second-order valence-electron chi connectivity index (χ2n) is 4.88. The van der Waals surface area contributed by atoms with Crippen molar-refractivity contribution < 1.29 is 9.59 Å². The first kappa shape index (κ1) is 12.4. The van der Waals surface area contributed by atoms with E-state index in [1.807, 2.05) is 6.92 Å². The Morgan fingerprint density at radius 3 is 2.94 bits per heavy atom. The van der Waals surface area contributed by atoms with Crippen LogP contribution in [0.3, 0.4) is 0 Å². The van der Waals surface area contributed by atoms with Crippen LogP contribution in [0.25, 0.3) is 0 Å². The van der Waals surface area contributed by atoms with Crippen LogP contribution < -0.4 is 10.6 Å². The molecule has 0 spiro atoms. The van der Waals surface area contributed by atoms with Gasteiger partial charge in [-0.2, -0.15) is 0 Å². The fraction of sp³-hybridized carbons (Fsp3) is 0.833. The van der Waals surface area contributed by atoms with Crippen LogP contribution in [-0.4, -0.2) is 48.9 Å². The van der Waals surface area contributed by atoms with Gasteiger partial charge in [0.1, 0.15) is 6.04 Å². The molecule has 2 N–H and O–H groups in total. The highest BCUT2D eigenvalue weighted by Crippen LogP contribution is 2.27. The minimum absolute atomic E-state index is 0.0192. The van der Waals surface area contributed by atoms with Crippen molar-refractivity contribution in [1.82, 2.24) is 15.5 Å². The first-order valence-electron chi connectivity index (χ1n) is 6.50. The molecule has 1 saturated carbocycles. The summed E-state index contributed by atoms with van der Waals surface area (Å²) in [6.45, 7) is 4.44. The molecule has 2 amide bonds. The molecule has 1 unspecified atom stereocenters. The standard InChI is InChI=1S/C12H21N3O2/c1-2-10-12(17)14-5-6-15(10)11(16)8-13-7-9-3-4-9/h9-10,13H,2-8H2,1H3,(H,14,17). The fourth-order valence-corrected chi connectivity index (χ4v) is 2.23. The second-order valence-corrected chi connectivity index (χ2v) is 4.88. The Bertz CT molecular complexity index is 302. The van der Waals surface area contributed by atoms with Crippen molar-refractivity contribution in [2.24, 2.45) is 5.92 Å². The number of hydrogen-bond donors (Lipinski definition) is 2. The third-order valence-corrected chi connectivity index (χ3v) is 3.44. The normalized spacial score (nSPS) is 24.6. The van der Waals surface area contributed by atoms with E-state index >= 15 is 0 Å². The van der Waals surface area contributed by atoms with E-state index in [-0.39, 0.29) is 17.9 Å². The van der Waals surface area contributed by atoms with Crippen molar-refractivity contribution in [3.63, 3.8) is 0 Å². The Morgan fingerprint density at radius 1 is 1.53 bits per heavy atom. The van der Waals surface area contributed by atoms with Crippen molar-refractivity contribution in [1.29, 1.82) is 0 Å². The van der Waals surface area contributed by atoms with E-state index in [0.717, 1.165) is 12.5 Å². The summed E-state index contributed by atoms with van der Waals surface area (Å²) in [5, 5.41) is 5.98. The van der Waals surface area contributed by atoms with Crippen LogP contribution in [0, 0.1) is 5.92 Å². The number of amides is 2. The van der Waals surface area contributed by atoms with Gasteiger partial charge in [-0.05, 0) is 31.7 Å². The number of hydrogen-bond acceptors (Lipinski definition) is 3. The van der Waals surface area contributed by atoms with Gasteiger partial charge in [0.05, 0.1) is 6.54 Å². The van der Waals surface area contributed by atoms with E-state index in [9.17, 15) is 9.59 Å². The molecule has 2 aliphatic rings. The quantitative estimate of drug-likeness (QED) is 0.694. The smallest absolute Gasteiger partial charge is 0.242 e. The van der Waals surface area contributed by atoms with Gasteiger partial charge in [-0.1, -0.05) is 6.92 Å². The second kappa shape index (κ2) is 5.49. The predicted octanol–water partition coefficient (Wildman–Crippen LogP) is -0.277. The molecule has 17 heavy (non-hydrogen) atoms. The lowest BCUT2D eigenvalue weighted by molar-refractivity contribution is -0.142. The van der Waals surface area contributed by atoms with E-state index in [1.54, 1.807) is 4.90 Å². The lowest BCUT2D eigenvalue weighted by Gasteiger charge is -2.34. The van der Waals surface area contributed by atoms with Crippen molar-refractivity contribution in [3.05, 3.63) is 0 Å². The summed E-state index contributed by atoms with van der Waals surface area (Å²) in [5.74, 6) is 0.802. The van der Waals surface area contributed by atoms with Gasteiger partial charge < -0.3 is 15.5 Å². The SMILES string of the molecule is CCC1C(=O)NCCN1C(=O)CNCC1CC1. The van der Waals surface area contributed by atoms with Crippen molar-refractivity contribution in [3.8, 4) is 0 Å². The average molecular weight is 239 g/mol. The highest BCUT2D eigenvalue weighted by atomic mass is 16.2. The van der Waals surface area contributed by atoms with Gasteiger partial charge in [0, 0.05) is 13.1 Å². The molecule has 1 heterocycles. The highest BCUT2D eigenvalue weighted by Gasteiger charge is 2.31. The van der Waals surface area contributed by atoms with Crippen LogP contribution in [0.15, 0.2) is 0 Å². The zero-order valence-electron chi connectivity index (χ0n) is 10.4. The van der Waals surface area contributed by atoms with Gasteiger partial charge in [0.25, 0.3) is 0 Å². The molecule has 2 rings (SSSR count). The minimum atomic E-state index is -0.279. The summed E-state index contributed by atoms with van der Waals surface area (Å²) < 4.78 is 0. The molecule has 1 aliphatic carbocycles. The molecule has 96 valence electrons. The number of nitrogens with zero attached hydrogens (tertiary/aromatic N) is 1. The highest BCUT2D eigenvalue weighted by molar-refractivity contribution is 5.89. The number of carbonyl (C=O) groups excluding carboxylic acids is 2. The Balaban J connectivity index is 1.80. The van der Waals surface area contributed by atoms with E-state index < -0.39 is 0 Å². The number of rotatable bonds is 5. The molecular formula is C12H21N3O2. The number of carbonyl (C=O) groups is 2. The number of nitrogens with one attached hydrogen (secondary N) is 2. The van der Waals surface area contributed by atoms with Gasteiger partial charge in [0.2, 0.25) is 11.8 Å². The van der Waals surface area contributed by atoms with Crippen molar-refractivity contribution in [2.75, 3.05) is 26.2 Å². The first-order valence-corrected chi connectivity index (χ1v) is 6.50. The van der Waals surface area contributed by atoms with Crippen molar-refractivity contribution >= 4 is 11.8 Å². The Labute approximate surface area is 102 Å². The zero-order chi connectivity index (χ0) is 12.3. The molecule has 1 aliphatic heterocycles. The molecule has 1 saturated heterocycles. The van der Waals surface area contributed by atoms with E-state index in [1.165, 1.54) is 12.8 Å². The van der Waals surface area contributed by atoms with E-state index in [2.05, 4.69) is 10.6 Å². The molecule has 2 fully saturated rings. The minimum Gasteiger partial charge on any atom is -0.353 e. The monoisotopic (exact) mass is 239 g/mol. The maximum atomic E-state index is 12.0. The van der Waals surface area contributed by atoms with Crippen LogP contribution in [0.5, 0.6) is 0 Å². The Kier molecular flexibility index (Phi) is 3.99. The molecule has 5 heteroatoms. The van der Waals surface area contributed by atoms with Gasteiger partial charge >= 0.3 is 0 Å². The van der Waals surface area contributed by atoms with E-state index in [4.69, 9.17) is 0 Å². The largest absolute Gasteiger partial charge is 0.353 e. The summed E-state index contributed by atoms with van der Waals surface area (Å²) in [7, 11) is 0. The molecule has 1 atom stereocenters. The molecule has 0 aromatic carbocycles. The van der Waals surface area contributed by atoms with Gasteiger partial charge in [-0.15, -0.1) is 0 Å². The number of piperazine rings is 1. The average Bonchev–Trinajstić information content (AvgIpc) is 3.12. The molecule has 0 radical (unpaired) electrons. The van der Waals surface area contributed by atoms with Crippen LogP contribution in [0.2, 0.25) is 0 Å². The predicted molar refractivity (Wildman–Crippen MR) is 64.4 cm³/mol. The van der Waals surface area contributed by atoms with Gasteiger partial charge in [-0.25, -0.2) is 0 Å². The third-order valence-electron chi connectivity index (χ3n) is 3.44. The summed E-state index contributed by atoms with van der Waals surface area (Å²) >= 11 is 0. The van der Waals surface area contributed by atoms with Crippen molar-refractivity contribution in [2.45, 2.75) is 32.2 Å². The lowest BCUT2D eigenvalue weighted by Crippen LogP contribution is -2.58. The first-order chi connectivity index (χ1) is 8.22. The molecule has 0 aromatic heterocycles. The summed E-state index contributed by atoms with van der Waals surface area (Å²) in [6.07, 6.45) is 3.25. The third kappa shape index (κ3) is 3.19. The van der Waals surface area contributed by atoms with Crippen LogP contribution in [0.4, 0.5) is 0 Å². The zero-order valence-corrected chi connectivity index (χ0v) is 10.4. The van der Waals surface area contributed by atoms with Gasteiger partial charge in [0.15, 0.2) is 0 Å². The van der Waals surface area contributed by atoms with Crippen LogP contribution >= 0.6 is 0 Å². The maximum Gasteiger partial charge on any atom is 0.242 e. The molecule has 0 aromatic rings. The Morgan fingerprint density at radius 2 is 2.29 bits per heavy atom. The summed E-state index contributed by atoms with van der Waals surface area (Å²) in [5.41, 5.74) is 0. The maximum absolute atomic E-state index is 12.0. The fourth-order valence-electron chi connectivity index (χ4n) is 2.23.